The van der Waals surface area contributed by atoms with Crippen LogP contribution in [0.15, 0.2) is 54.6 Å². The number of alkyl carbamates (subject to hydrolysis) is 1. The molecule has 0 heterocycles. The van der Waals surface area contributed by atoms with E-state index >= 15 is 0 Å². The van der Waals surface area contributed by atoms with Crippen LogP contribution in [0.5, 0.6) is 0 Å². The van der Waals surface area contributed by atoms with Gasteiger partial charge in [-0.25, -0.2) is 4.79 Å². The Morgan fingerprint density at radius 1 is 0.957 bits per heavy atom. The number of aryl methyl sites for hydroxylation is 1. The van der Waals surface area contributed by atoms with E-state index in [4.69, 9.17) is 9.84 Å². The van der Waals surface area contributed by atoms with Crippen molar-refractivity contribution in [3.63, 3.8) is 0 Å². The average molecular weight is 313 g/mol. The summed E-state index contributed by atoms with van der Waals surface area (Å²) in [5.41, 5.74) is 2.73. The molecule has 0 aliphatic rings. The van der Waals surface area contributed by atoms with Gasteiger partial charge in [0.2, 0.25) is 0 Å². The Kier molecular flexibility index (Phi) is 6.17. The summed E-state index contributed by atoms with van der Waals surface area (Å²) < 4.78 is 5.14. The lowest BCUT2D eigenvalue weighted by molar-refractivity contribution is -0.136. The number of ether oxygens (including phenoxy) is 1. The minimum Gasteiger partial charge on any atom is -0.481 e. The number of carbonyl (C=O) groups is 2. The molecule has 2 aromatic rings. The van der Waals surface area contributed by atoms with Gasteiger partial charge in [0.05, 0.1) is 0 Å². The third-order valence-electron chi connectivity index (χ3n) is 3.36. The highest BCUT2D eigenvalue weighted by Crippen LogP contribution is 2.11. The first-order valence-electron chi connectivity index (χ1n) is 7.38. The van der Waals surface area contributed by atoms with Crippen molar-refractivity contribution in [1.29, 1.82) is 0 Å². The first-order chi connectivity index (χ1) is 11.1. The molecular weight excluding hydrogens is 294 g/mol. The molecule has 0 aromatic heterocycles. The summed E-state index contributed by atoms with van der Waals surface area (Å²) in [5.74, 6) is -0.838. The first-order valence-corrected chi connectivity index (χ1v) is 7.38. The van der Waals surface area contributed by atoms with Crippen molar-refractivity contribution in [2.45, 2.75) is 26.0 Å². The maximum Gasteiger partial charge on any atom is 0.407 e. The molecule has 5 nitrogen and oxygen atoms in total. The standard InChI is InChI=1S/C18H19NO4/c20-17(21)11-10-15-8-4-5-9-16(15)12-19-18(22)23-13-14-6-2-1-3-7-14/h1-9H,10-13H2,(H,19,22)(H,20,21). The Hall–Kier alpha value is -2.82. The van der Waals surface area contributed by atoms with Crippen LogP contribution in [0.1, 0.15) is 23.1 Å². The van der Waals surface area contributed by atoms with Gasteiger partial charge in [-0.1, -0.05) is 54.6 Å². The van der Waals surface area contributed by atoms with Crippen molar-refractivity contribution >= 4 is 12.1 Å². The molecule has 2 N–H and O–H groups in total. The number of aliphatic carboxylic acids is 1. The third-order valence-corrected chi connectivity index (χ3v) is 3.36. The Bertz CT molecular complexity index is 655. The predicted octanol–water partition coefficient (Wildman–Crippen LogP) is 3.13. The fraction of sp³-hybridized carbons (Fsp3) is 0.222. The quantitative estimate of drug-likeness (QED) is 0.823. The monoisotopic (exact) mass is 313 g/mol. The summed E-state index contributed by atoms with van der Waals surface area (Å²) in [6.45, 7) is 0.525. The second-order valence-electron chi connectivity index (χ2n) is 5.08. The first kappa shape index (κ1) is 16.5. The van der Waals surface area contributed by atoms with Gasteiger partial charge in [0.25, 0.3) is 0 Å². The zero-order valence-corrected chi connectivity index (χ0v) is 12.7. The van der Waals surface area contributed by atoms with Gasteiger partial charge in [-0.15, -0.1) is 0 Å². The summed E-state index contributed by atoms with van der Waals surface area (Å²) >= 11 is 0. The topological polar surface area (TPSA) is 75.6 Å². The van der Waals surface area contributed by atoms with Crippen LogP contribution in [-0.4, -0.2) is 17.2 Å². The van der Waals surface area contributed by atoms with Crippen LogP contribution in [0.25, 0.3) is 0 Å². The van der Waals surface area contributed by atoms with Gasteiger partial charge in [-0.2, -0.15) is 0 Å². The molecule has 0 aliphatic heterocycles. The van der Waals surface area contributed by atoms with Crippen LogP contribution < -0.4 is 5.32 Å². The van der Waals surface area contributed by atoms with E-state index in [0.29, 0.717) is 13.0 Å². The summed E-state index contributed by atoms with van der Waals surface area (Å²) in [4.78, 5) is 22.4. The SMILES string of the molecule is O=C(O)CCc1ccccc1CNC(=O)OCc1ccccc1. The number of nitrogens with one attached hydrogen (secondary N) is 1. The van der Waals surface area contributed by atoms with Crippen LogP contribution in [0.4, 0.5) is 4.79 Å². The van der Waals surface area contributed by atoms with E-state index in [-0.39, 0.29) is 13.0 Å². The van der Waals surface area contributed by atoms with Gasteiger partial charge >= 0.3 is 12.1 Å². The number of carbonyl (C=O) groups excluding carboxylic acids is 1. The van der Waals surface area contributed by atoms with Crippen LogP contribution in [-0.2, 0) is 29.1 Å². The Labute approximate surface area is 134 Å². The minimum absolute atomic E-state index is 0.0649. The van der Waals surface area contributed by atoms with E-state index in [1.807, 2.05) is 54.6 Å². The molecule has 0 saturated carbocycles. The van der Waals surface area contributed by atoms with Crippen molar-refractivity contribution < 1.29 is 19.4 Å². The van der Waals surface area contributed by atoms with Gasteiger partial charge in [-0.05, 0) is 23.1 Å². The smallest absolute Gasteiger partial charge is 0.407 e. The zero-order valence-electron chi connectivity index (χ0n) is 12.7. The van der Waals surface area contributed by atoms with Crippen molar-refractivity contribution in [3.05, 3.63) is 71.3 Å². The van der Waals surface area contributed by atoms with Gasteiger partial charge < -0.3 is 15.2 Å². The van der Waals surface area contributed by atoms with Crippen molar-refractivity contribution in [3.8, 4) is 0 Å². The largest absolute Gasteiger partial charge is 0.481 e. The lowest BCUT2D eigenvalue weighted by atomic mass is 10.0. The lowest BCUT2D eigenvalue weighted by Gasteiger charge is -2.10. The van der Waals surface area contributed by atoms with Gasteiger partial charge in [-0.3, -0.25) is 4.79 Å². The number of amides is 1. The summed E-state index contributed by atoms with van der Waals surface area (Å²) in [7, 11) is 0. The van der Waals surface area contributed by atoms with Crippen LogP contribution >= 0.6 is 0 Å². The average Bonchev–Trinajstić information content (AvgIpc) is 2.58. The molecule has 0 spiro atoms. The van der Waals surface area contributed by atoms with Gasteiger partial charge in [0.15, 0.2) is 0 Å². The Balaban J connectivity index is 1.83. The molecule has 23 heavy (non-hydrogen) atoms. The maximum absolute atomic E-state index is 11.7. The van der Waals surface area contributed by atoms with Crippen LogP contribution in [0.2, 0.25) is 0 Å². The normalized spacial score (nSPS) is 10.1. The lowest BCUT2D eigenvalue weighted by Crippen LogP contribution is -2.24. The van der Waals surface area contributed by atoms with Crippen LogP contribution in [0.3, 0.4) is 0 Å². The second-order valence-corrected chi connectivity index (χ2v) is 5.08. The number of rotatable bonds is 7. The molecule has 2 aromatic carbocycles. The molecule has 0 unspecified atom stereocenters. The highest BCUT2D eigenvalue weighted by molar-refractivity contribution is 5.68. The summed E-state index contributed by atoms with van der Waals surface area (Å²) in [5, 5.41) is 11.5. The van der Waals surface area contributed by atoms with E-state index in [1.54, 1.807) is 0 Å². The molecule has 0 atom stereocenters. The Morgan fingerprint density at radius 3 is 2.30 bits per heavy atom. The highest BCUT2D eigenvalue weighted by Gasteiger charge is 2.07. The molecule has 0 bridgehead atoms. The fourth-order valence-corrected chi connectivity index (χ4v) is 2.16. The third kappa shape index (κ3) is 5.82. The molecular formula is C18H19NO4. The van der Waals surface area contributed by atoms with Crippen LogP contribution in [0, 0.1) is 0 Å². The molecule has 5 heteroatoms. The summed E-state index contributed by atoms with van der Waals surface area (Å²) in [6, 6.07) is 16.9. The minimum atomic E-state index is -0.838. The fourth-order valence-electron chi connectivity index (χ4n) is 2.16. The van der Waals surface area contributed by atoms with Crippen molar-refractivity contribution in [2.24, 2.45) is 0 Å². The van der Waals surface area contributed by atoms with E-state index in [0.717, 1.165) is 16.7 Å². The van der Waals surface area contributed by atoms with E-state index in [2.05, 4.69) is 5.32 Å². The van der Waals surface area contributed by atoms with Gasteiger partial charge in [0, 0.05) is 13.0 Å². The number of hydrogen-bond donors (Lipinski definition) is 2. The Morgan fingerprint density at radius 2 is 1.61 bits per heavy atom. The maximum atomic E-state index is 11.7. The molecule has 0 radical (unpaired) electrons. The zero-order chi connectivity index (χ0) is 16.5. The molecule has 0 fully saturated rings. The van der Waals surface area contributed by atoms with E-state index in [9.17, 15) is 9.59 Å². The van der Waals surface area contributed by atoms with Crippen molar-refractivity contribution in [2.75, 3.05) is 0 Å². The van der Waals surface area contributed by atoms with E-state index < -0.39 is 12.1 Å². The summed E-state index contributed by atoms with van der Waals surface area (Å²) in [6.07, 6.45) is 0.00345. The predicted molar refractivity (Wildman–Crippen MR) is 85.9 cm³/mol. The number of hydrogen-bond acceptors (Lipinski definition) is 3. The molecule has 0 saturated heterocycles. The second kappa shape index (κ2) is 8.58. The van der Waals surface area contributed by atoms with Crippen molar-refractivity contribution in [1.82, 2.24) is 5.32 Å². The number of carboxylic acid groups (broad SMARTS) is 1. The van der Waals surface area contributed by atoms with E-state index in [1.165, 1.54) is 0 Å². The molecule has 2 rings (SSSR count). The molecule has 1 amide bonds. The molecule has 0 aliphatic carbocycles. The molecule has 120 valence electrons. The number of carboxylic acids is 1. The number of benzene rings is 2. The van der Waals surface area contributed by atoms with Gasteiger partial charge in [0.1, 0.15) is 6.61 Å². The highest BCUT2D eigenvalue weighted by atomic mass is 16.5.